The molecule has 0 bridgehead atoms. The summed E-state index contributed by atoms with van der Waals surface area (Å²) < 4.78 is 0. The summed E-state index contributed by atoms with van der Waals surface area (Å²) in [6.07, 6.45) is 0. The van der Waals surface area contributed by atoms with E-state index in [4.69, 9.17) is 0 Å². The third-order valence-corrected chi connectivity index (χ3v) is 0. The topological polar surface area (TPSA) is 0 Å². The molecular formula is H6LaPS3. The number of rotatable bonds is 0. The first-order valence-electron chi connectivity index (χ1n) is 0. The number of hydrogen-bond acceptors (Lipinski definition) is 1. The van der Waals surface area contributed by atoms with Crippen molar-refractivity contribution in [2.24, 2.45) is 0 Å². The SMILES string of the molecule is P.S.[La+3].[S-2].[SH-]. The standard InChI is InChI=1S/La.H3P.2H2S.S/h;1H3;2*1H2;/q+3;;;;-2/p-1. The Labute approximate surface area is 84.8 Å². The second-order valence-corrected chi connectivity index (χ2v) is 0. The Morgan fingerprint density at radius 2 is 1.00 bits per heavy atom. The molecule has 0 aromatic carbocycles. The van der Waals surface area contributed by atoms with Crippen LogP contribution in [0.4, 0.5) is 0 Å². The molecule has 0 nitrogen and oxygen atoms in total. The van der Waals surface area contributed by atoms with Gasteiger partial charge in [-0.15, -0.1) is 0 Å². The molecule has 5 heavy (non-hydrogen) atoms. The van der Waals surface area contributed by atoms with Crippen molar-refractivity contribution in [3.63, 3.8) is 0 Å². The van der Waals surface area contributed by atoms with Gasteiger partial charge in [-0.25, -0.2) is 0 Å². The van der Waals surface area contributed by atoms with E-state index in [1.807, 2.05) is 0 Å². The average Bonchev–Trinajstić information content (AvgIpc) is 0. The molecule has 32 valence electrons. The minimum Gasteiger partial charge on any atom is -2.00 e. The molecule has 1 unspecified atom stereocenters. The normalized spacial score (nSPS) is 0. The van der Waals surface area contributed by atoms with Crippen LogP contribution < -0.4 is 0 Å². The molecule has 0 aromatic rings. The van der Waals surface area contributed by atoms with E-state index in [1.54, 1.807) is 0 Å². The first-order chi connectivity index (χ1) is 0. The molecule has 0 aliphatic heterocycles. The maximum absolute atomic E-state index is 0. The molecule has 0 amide bonds. The van der Waals surface area contributed by atoms with Gasteiger partial charge < -0.3 is 27.0 Å². The van der Waals surface area contributed by atoms with Crippen LogP contribution in [0.5, 0.6) is 0 Å². The van der Waals surface area contributed by atoms with Gasteiger partial charge >= 0.3 is 35.6 Å². The van der Waals surface area contributed by atoms with E-state index in [-0.39, 0.29) is 86.0 Å². The van der Waals surface area contributed by atoms with E-state index >= 15 is 0 Å². The van der Waals surface area contributed by atoms with Crippen molar-refractivity contribution < 1.29 is 35.6 Å². The Bertz CT molecular complexity index is 6.85. The Hall–Kier alpha value is 2.67. The van der Waals surface area contributed by atoms with E-state index < -0.39 is 0 Å². The van der Waals surface area contributed by atoms with Crippen molar-refractivity contribution in [3.8, 4) is 0 Å². The van der Waals surface area contributed by atoms with Gasteiger partial charge in [-0.1, -0.05) is 0 Å². The quantitative estimate of drug-likeness (QED) is 0.337. The van der Waals surface area contributed by atoms with Crippen LogP contribution in [0.1, 0.15) is 0 Å². The van der Waals surface area contributed by atoms with Crippen molar-refractivity contribution in [2.75, 3.05) is 0 Å². The molecule has 0 rings (SSSR count). The zero-order valence-corrected chi connectivity index (χ0v) is 10.4. The molecule has 0 fully saturated rings. The minimum atomic E-state index is 0. The van der Waals surface area contributed by atoms with Gasteiger partial charge in [0.25, 0.3) is 0 Å². The summed E-state index contributed by atoms with van der Waals surface area (Å²) >= 11 is 0. The van der Waals surface area contributed by atoms with Crippen LogP contribution in [0.2, 0.25) is 0 Å². The Balaban J connectivity index is 0. The van der Waals surface area contributed by atoms with Crippen LogP contribution in [-0.4, -0.2) is 0 Å². The van der Waals surface area contributed by atoms with Crippen LogP contribution in [0.3, 0.4) is 0 Å². The molecule has 0 N–H and O–H groups in total. The summed E-state index contributed by atoms with van der Waals surface area (Å²) in [6.45, 7) is 0. The maximum atomic E-state index is 0. The zero-order valence-electron chi connectivity index (χ0n) is 2.64. The molecule has 0 aliphatic carbocycles. The fraction of sp³-hybridized carbons (Fsp3) is 0. The molecule has 0 spiro atoms. The Kier molecular flexibility index (Phi) is 287. The van der Waals surface area contributed by atoms with Gasteiger partial charge in [0.15, 0.2) is 0 Å². The van der Waals surface area contributed by atoms with Crippen LogP contribution in [-0.2, 0) is 27.0 Å². The third-order valence-electron chi connectivity index (χ3n) is 0. The van der Waals surface area contributed by atoms with Crippen molar-refractivity contribution in [1.29, 1.82) is 0 Å². The molecule has 1 atom stereocenters. The van der Waals surface area contributed by atoms with Gasteiger partial charge in [0.2, 0.25) is 0 Å². The van der Waals surface area contributed by atoms with E-state index in [9.17, 15) is 0 Å². The predicted octanol–water partition coefficient (Wildman–Crippen LogP) is -0.102. The van der Waals surface area contributed by atoms with Crippen molar-refractivity contribution >= 4 is 50.4 Å². The molecule has 0 aliphatic rings. The van der Waals surface area contributed by atoms with Crippen molar-refractivity contribution in [3.05, 3.63) is 0 Å². The molecule has 0 heterocycles. The average molecular weight is 272 g/mol. The van der Waals surface area contributed by atoms with Crippen LogP contribution in [0.15, 0.2) is 0 Å². The van der Waals surface area contributed by atoms with Gasteiger partial charge in [-0.05, 0) is 0 Å². The monoisotopic (exact) mass is 272 g/mol. The molecule has 0 radical (unpaired) electrons. The summed E-state index contributed by atoms with van der Waals surface area (Å²) in [4.78, 5) is 0. The molecule has 0 aromatic heterocycles. The summed E-state index contributed by atoms with van der Waals surface area (Å²) in [5.74, 6) is 0. The molecule has 0 saturated carbocycles. The first kappa shape index (κ1) is 47.8. The zero-order chi connectivity index (χ0) is 0. The summed E-state index contributed by atoms with van der Waals surface area (Å²) in [7, 11) is 0. The summed E-state index contributed by atoms with van der Waals surface area (Å²) in [6, 6.07) is 0. The third kappa shape index (κ3) is 20.4. The fourth-order valence-electron chi connectivity index (χ4n) is 0. The first-order valence-corrected chi connectivity index (χ1v) is 0. The van der Waals surface area contributed by atoms with E-state index in [0.717, 1.165) is 0 Å². The number of thiol groups is 1. The smallest absolute Gasteiger partial charge is 2.00 e. The largest absolute Gasteiger partial charge is 3.00 e. The van der Waals surface area contributed by atoms with E-state index in [1.165, 1.54) is 0 Å². The summed E-state index contributed by atoms with van der Waals surface area (Å²) in [5.41, 5.74) is 0. The van der Waals surface area contributed by atoms with Crippen molar-refractivity contribution in [1.82, 2.24) is 0 Å². The maximum Gasteiger partial charge on any atom is 3.00 e. The Morgan fingerprint density at radius 3 is 1.00 bits per heavy atom. The second-order valence-electron chi connectivity index (χ2n) is 0. The summed E-state index contributed by atoms with van der Waals surface area (Å²) in [5, 5.41) is 0. The Morgan fingerprint density at radius 1 is 1.00 bits per heavy atom. The van der Waals surface area contributed by atoms with Gasteiger partial charge in [0, 0.05) is 0 Å². The number of hydrogen-bond donors (Lipinski definition) is 0. The molecule has 0 saturated heterocycles. The van der Waals surface area contributed by atoms with E-state index in [2.05, 4.69) is 0 Å². The van der Waals surface area contributed by atoms with Gasteiger partial charge in [-0.3, -0.25) is 0 Å². The van der Waals surface area contributed by atoms with Crippen LogP contribution in [0, 0.1) is 35.6 Å². The molecule has 5 heteroatoms. The van der Waals surface area contributed by atoms with Crippen LogP contribution in [0.25, 0.3) is 0 Å². The molecular weight excluding hydrogens is 266 g/mol. The fourth-order valence-corrected chi connectivity index (χ4v) is 0. The van der Waals surface area contributed by atoms with Crippen LogP contribution >= 0.6 is 23.4 Å². The minimum absolute atomic E-state index is 0. The van der Waals surface area contributed by atoms with E-state index in [0.29, 0.717) is 0 Å². The predicted molar refractivity (Wildman–Crippen MR) is 37.6 cm³/mol. The van der Waals surface area contributed by atoms with Gasteiger partial charge in [0.1, 0.15) is 0 Å². The second kappa shape index (κ2) is 30.0. The van der Waals surface area contributed by atoms with Gasteiger partial charge in [-0.2, -0.15) is 23.4 Å². The van der Waals surface area contributed by atoms with Crippen molar-refractivity contribution in [2.45, 2.75) is 0 Å². The van der Waals surface area contributed by atoms with Gasteiger partial charge in [0.05, 0.1) is 0 Å².